The predicted octanol–water partition coefficient (Wildman–Crippen LogP) is 3.81. The van der Waals surface area contributed by atoms with Crippen molar-refractivity contribution in [2.75, 3.05) is 18.5 Å². The zero-order valence-corrected chi connectivity index (χ0v) is 14.5. The highest BCUT2D eigenvalue weighted by atomic mass is 79.9. The third-order valence-corrected chi connectivity index (χ3v) is 4.79. The van der Waals surface area contributed by atoms with Gasteiger partial charge in [0.25, 0.3) is 0 Å². The molecule has 0 bridgehead atoms. The van der Waals surface area contributed by atoms with E-state index < -0.39 is 0 Å². The molecule has 1 aliphatic rings. The minimum absolute atomic E-state index is 0.0147. The molecule has 2 aromatic rings. The van der Waals surface area contributed by atoms with Crippen molar-refractivity contribution in [3.8, 4) is 5.75 Å². The standard InChI is InChI=1S/C18H19BrN2O2/c1-12-10-13(6-7-15(12)19)20-11-18(22)21-16-8-9-23-17-5-3-2-4-14(16)17/h2-7,10,16,20H,8-9,11H2,1H3,(H,21,22). The molecule has 3 rings (SSSR count). The summed E-state index contributed by atoms with van der Waals surface area (Å²) in [5.41, 5.74) is 3.12. The van der Waals surface area contributed by atoms with Crippen LogP contribution >= 0.6 is 15.9 Å². The van der Waals surface area contributed by atoms with Gasteiger partial charge in [0.1, 0.15) is 5.75 Å². The van der Waals surface area contributed by atoms with Crippen LogP contribution in [0.5, 0.6) is 5.75 Å². The van der Waals surface area contributed by atoms with E-state index in [0.717, 1.165) is 33.5 Å². The van der Waals surface area contributed by atoms with Gasteiger partial charge in [-0.2, -0.15) is 0 Å². The number of halogens is 1. The second-order valence-corrected chi connectivity index (χ2v) is 6.47. The van der Waals surface area contributed by atoms with Crippen molar-refractivity contribution in [3.05, 3.63) is 58.1 Å². The quantitative estimate of drug-likeness (QED) is 0.855. The highest BCUT2D eigenvalue weighted by Crippen LogP contribution is 2.31. The lowest BCUT2D eigenvalue weighted by Gasteiger charge is -2.26. The number of rotatable bonds is 4. The molecule has 1 unspecified atom stereocenters. The van der Waals surface area contributed by atoms with Gasteiger partial charge in [-0.3, -0.25) is 4.79 Å². The first-order valence-electron chi connectivity index (χ1n) is 7.64. The van der Waals surface area contributed by atoms with E-state index in [0.29, 0.717) is 6.61 Å². The highest BCUT2D eigenvalue weighted by Gasteiger charge is 2.22. The number of carbonyl (C=O) groups excluding carboxylic acids is 1. The molecule has 1 aliphatic heterocycles. The molecule has 5 heteroatoms. The van der Waals surface area contributed by atoms with Gasteiger partial charge in [0.15, 0.2) is 0 Å². The van der Waals surface area contributed by atoms with Crippen molar-refractivity contribution < 1.29 is 9.53 Å². The number of hydrogen-bond donors (Lipinski definition) is 2. The number of amides is 1. The van der Waals surface area contributed by atoms with Gasteiger partial charge in [-0.15, -0.1) is 0 Å². The number of carbonyl (C=O) groups is 1. The van der Waals surface area contributed by atoms with E-state index in [1.807, 2.05) is 49.4 Å². The Hall–Kier alpha value is -2.01. The van der Waals surface area contributed by atoms with Crippen molar-refractivity contribution in [2.45, 2.75) is 19.4 Å². The molecule has 2 N–H and O–H groups in total. The fourth-order valence-electron chi connectivity index (χ4n) is 2.67. The molecule has 0 saturated heterocycles. The van der Waals surface area contributed by atoms with Crippen LogP contribution in [0.4, 0.5) is 5.69 Å². The van der Waals surface area contributed by atoms with Crippen LogP contribution in [0.2, 0.25) is 0 Å². The van der Waals surface area contributed by atoms with Crippen molar-refractivity contribution in [2.24, 2.45) is 0 Å². The number of fused-ring (bicyclic) bond motifs is 1. The number of ether oxygens (including phenoxy) is 1. The summed E-state index contributed by atoms with van der Waals surface area (Å²) in [6.07, 6.45) is 0.792. The molecule has 1 atom stereocenters. The second kappa shape index (κ2) is 7.04. The minimum Gasteiger partial charge on any atom is -0.493 e. The Kier molecular flexibility index (Phi) is 4.86. The average molecular weight is 375 g/mol. The molecule has 0 spiro atoms. The summed E-state index contributed by atoms with van der Waals surface area (Å²) in [6.45, 7) is 2.90. The molecule has 2 aromatic carbocycles. The minimum atomic E-state index is -0.0210. The van der Waals surface area contributed by atoms with Crippen LogP contribution in [-0.4, -0.2) is 19.1 Å². The number of nitrogens with one attached hydrogen (secondary N) is 2. The number of para-hydroxylation sites is 1. The molecule has 0 aliphatic carbocycles. The normalized spacial score (nSPS) is 16.2. The largest absolute Gasteiger partial charge is 0.493 e. The summed E-state index contributed by atoms with van der Waals surface area (Å²) >= 11 is 3.47. The van der Waals surface area contributed by atoms with Gasteiger partial charge in [-0.05, 0) is 36.8 Å². The third-order valence-electron chi connectivity index (χ3n) is 3.90. The van der Waals surface area contributed by atoms with Gasteiger partial charge >= 0.3 is 0 Å². The van der Waals surface area contributed by atoms with E-state index in [2.05, 4.69) is 26.6 Å². The maximum Gasteiger partial charge on any atom is 0.239 e. The van der Waals surface area contributed by atoms with Crippen LogP contribution in [0.3, 0.4) is 0 Å². The van der Waals surface area contributed by atoms with Gasteiger partial charge < -0.3 is 15.4 Å². The Morgan fingerprint density at radius 1 is 1.30 bits per heavy atom. The molecule has 4 nitrogen and oxygen atoms in total. The lowest BCUT2D eigenvalue weighted by atomic mass is 10.0. The maximum absolute atomic E-state index is 12.2. The number of aryl methyl sites for hydroxylation is 1. The molecule has 0 radical (unpaired) electrons. The Labute approximate surface area is 144 Å². The molecule has 0 aromatic heterocycles. The zero-order chi connectivity index (χ0) is 16.2. The molecule has 1 heterocycles. The predicted molar refractivity (Wildman–Crippen MR) is 94.8 cm³/mol. The van der Waals surface area contributed by atoms with E-state index in [-0.39, 0.29) is 18.5 Å². The Morgan fingerprint density at radius 3 is 2.96 bits per heavy atom. The highest BCUT2D eigenvalue weighted by molar-refractivity contribution is 9.10. The molecular weight excluding hydrogens is 356 g/mol. The Balaban J connectivity index is 1.59. The topological polar surface area (TPSA) is 50.4 Å². The first-order valence-corrected chi connectivity index (χ1v) is 8.44. The Bertz CT molecular complexity index is 718. The molecule has 120 valence electrons. The molecule has 1 amide bonds. The summed E-state index contributed by atoms with van der Waals surface area (Å²) in [4.78, 5) is 12.2. The van der Waals surface area contributed by atoms with Crippen LogP contribution in [0.1, 0.15) is 23.6 Å². The Morgan fingerprint density at radius 2 is 2.13 bits per heavy atom. The SMILES string of the molecule is Cc1cc(NCC(=O)NC2CCOc3ccccc32)ccc1Br. The molecular formula is C18H19BrN2O2. The van der Waals surface area contributed by atoms with E-state index in [4.69, 9.17) is 4.74 Å². The number of anilines is 1. The van der Waals surface area contributed by atoms with Gasteiger partial charge in [-0.25, -0.2) is 0 Å². The fourth-order valence-corrected chi connectivity index (χ4v) is 2.92. The van der Waals surface area contributed by atoms with E-state index in [9.17, 15) is 4.79 Å². The van der Waals surface area contributed by atoms with Crippen molar-refractivity contribution >= 4 is 27.5 Å². The summed E-state index contributed by atoms with van der Waals surface area (Å²) < 4.78 is 6.68. The smallest absolute Gasteiger partial charge is 0.239 e. The lowest BCUT2D eigenvalue weighted by Crippen LogP contribution is -2.35. The van der Waals surface area contributed by atoms with Gasteiger partial charge in [0.05, 0.1) is 19.2 Å². The monoisotopic (exact) mass is 374 g/mol. The van der Waals surface area contributed by atoms with Gasteiger partial charge in [0.2, 0.25) is 5.91 Å². The maximum atomic E-state index is 12.2. The molecule has 0 fully saturated rings. The number of hydrogen-bond acceptors (Lipinski definition) is 3. The molecule has 23 heavy (non-hydrogen) atoms. The van der Waals surface area contributed by atoms with Crippen LogP contribution in [0.15, 0.2) is 46.9 Å². The summed E-state index contributed by atoms with van der Waals surface area (Å²) in [5.74, 6) is 0.841. The van der Waals surface area contributed by atoms with Crippen molar-refractivity contribution in [1.29, 1.82) is 0 Å². The van der Waals surface area contributed by atoms with E-state index >= 15 is 0 Å². The summed E-state index contributed by atoms with van der Waals surface area (Å²) in [6, 6.07) is 13.8. The van der Waals surface area contributed by atoms with Crippen LogP contribution in [-0.2, 0) is 4.79 Å². The third kappa shape index (κ3) is 3.85. The van der Waals surface area contributed by atoms with Crippen molar-refractivity contribution in [3.63, 3.8) is 0 Å². The van der Waals surface area contributed by atoms with Crippen LogP contribution in [0.25, 0.3) is 0 Å². The average Bonchev–Trinajstić information content (AvgIpc) is 2.56. The zero-order valence-electron chi connectivity index (χ0n) is 12.9. The fraction of sp³-hybridized carbons (Fsp3) is 0.278. The molecule has 0 saturated carbocycles. The van der Waals surface area contributed by atoms with E-state index in [1.54, 1.807) is 0 Å². The van der Waals surface area contributed by atoms with Crippen LogP contribution in [0, 0.1) is 6.92 Å². The van der Waals surface area contributed by atoms with Gasteiger partial charge in [-0.1, -0.05) is 34.1 Å². The summed E-state index contributed by atoms with van der Waals surface area (Å²) in [7, 11) is 0. The first kappa shape index (κ1) is 15.9. The van der Waals surface area contributed by atoms with Gasteiger partial charge in [0, 0.05) is 22.1 Å². The van der Waals surface area contributed by atoms with Crippen molar-refractivity contribution in [1.82, 2.24) is 5.32 Å². The summed E-state index contributed by atoms with van der Waals surface area (Å²) in [5, 5.41) is 6.24. The first-order chi connectivity index (χ1) is 11.1. The number of benzene rings is 2. The second-order valence-electron chi connectivity index (χ2n) is 5.61. The lowest BCUT2D eigenvalue weighted by molar-refractivity contribution is -0.120. The van der Waals surface area contributed by atoms with Crippen LogP contribution < -0.4 is 15.4 Å². The van der Waals surface area contributed by atoms with E-state index in [1.165, 1.54) is 0 Å².